The molecule has 1 N–H and O–H groups in total. The summed E-state index contributed by atoms with van der Waals surface area (Å²) in [5, 5.41) is 3.77. The molecule has 0 aliphatic carbocycles. The molecule has 0 aliphatic heterocycles. The largest absolute Gasteiger partial charge is 0.493 e. The first kappa shape index (κ1) is 24.0. The summed E-state index contributed by atoms with van der Waals surface area (Å²) in [6.07, 6.45) is 7.06. The first-order chi connectivity index (χ1) is 16.0. The monoisotopic (exact) mass is 463 g/mol. The molecule has 170 valence electrons. The normalized spacial score (nSPS) is 11.1. The molecule has 33 heavy (non-hydrogen) atoms. The van der Waals surface area contributed by atoms with Gasteiger partial charge in [-0.2, -0.15) is 0 Å². The van der Waals surface area contributed by atoms with Crippen LogP contribution < -0.4 is 19.5 Å². The molecule has 0 aliphatic rings. The molecule has 3 rings (SSSR count). The molecule has 0 spiro atoms. The summed E-state index contributed by atoms with van der Waals surface area (Å²) >= 11 is 6.13. The summed E-state index contributed by atoms with van der Waals surface area (Å²) in [5.74, 6) is 1.60. The van der Waals surface area contributed by atoms with E-state index in [1.807, 2.05) is 55.5 Å². The van der Waals surface area contributed by atoms with Crippen LogP contribution in [0.2, 0.25) is 5.02 Å². The van der Waals surface area contributed by atoms with Gasteiger partial charge in [-0.05, 0) is 47.9 Å². The Balaban J connectivity index is 1.80. The number of halogens is 1. The van der Waals surface area contributed by atoms with Crippen LogP contribution in [0, 0.1) is 6.92 Å². The Kier molecular flexibility index (Phi) is 8.17. The van der Waals surface area contributed by atoms with Crippen LogP contribution in [0.1, 0.15) is 27.0 Å². The van der Waals surface area contributed by atoms with Crippen molar-refractivity contribution in [2.75, 3.05) is 26.6 Å². The van der Waals surface area contributed by atoms with Crippen molar-refractivity contribution in [1.29, 1.82) is 0 Å². The summed E-state index contributed by atoms with van der Waals surface area (Å²) in [6.45, 7) is 1.83. The van der Waals surface area contributed by atoms with E-state index in [0.29, 0.717) is 27.8 Å². The van der Waals surface area contributed by atoms with Crippen LogP contribution in [0.4, 0.5) is 5.69 Å². The number of ether oxygens (including phenoxy) is 3. The Morgan fingerprint density at radius 2 is 1.61 bits per heavy atom. The van der Waals surface area contributed by atoms with Crippen molar-refractivity contribution in [2.45, 2.75) is 6.92 Å². The van der Waals surface area contributed by atoms with Gasteiger partial charge in [0.2, 0.25) is 5.75 Å². The van der Waals surface area contributed by atoms with Gasteiger partial charge in [0.1, 0.15) is 0 Å². The van der Waals surface area contributed by atoms with Crippen molar-refractivity contribution >= 4 is 35.2 Å². The average Bonchev–Trinajstić information content (AvgIpc) is 2.84. The zero-order valence-corrected chi connectivity index (χ0v) is 19.8. The number of methoxy groups -OCH3 is 3. The van der Waals surface area contributed by atoms with Crippen LogP contribution >= 0.6 is 11.6 Å². The van der Waals surface area contributed by atoms with Gasteiger partial charge in [0.05, 0.1) is 21.3 Å². The number of anilines is 1. The topological polar surface area (TPSA) is 56.8 Å². The van der Waals surface area contributed by atoms with Crippen LogP contribution in [0.15, 0.2) is 66.9 Å². The Morgan fingerprint density at radius 3 is 2.27 bits per heavy atom. The van der Waals surface area contributed by atoms with Crippen molar-refractivity contribution in [3.8, 4) is 17.2 Å². The molecule has 3 aromatic carbocycles. The molecule has 5 nitrogen and oxygen atoms in total. The van der Waals surface area contributed by atoms with Gasteiger partial charge in [-0.1, -0.05) is 54.1 Å². The Morgan fingerprint density at radius 1 is 0.909 bits per heavy atom. The van der Waals surface area contributed by atoms with Crippen molar-refractivity contribution in [1.82, 2.24) is 0 Å². The molecule has 0 unspecified atom stereocenters. The minimum Gasteiger partial charge on any atom is -0.493 e. The van der Waals surface area contributed by atoms with Gasteiger partial charge in [-0.3, -0.25) is 4.79 Å². The number of benzene rings is 3. The molecular weight excluding hydrogens is 438 g/mol. The van der Waals surface area contributed by atoms with Crippen molar-refractivity contribution in [2.24, 2.45) is 0 Å². The predicted octanol–water partition coefficient (Wildman–Crippen LogP) is 6.65. The maximum atomic E-state index is 12.5. The van der Waals surface area contributed by atoms with E-state index in [9.17, 15) is 4.79 Å². The number of para-hydroxylation sites is 1. The Hall–Kier alpha value is -3.70. The van der Waals surface area contributed by atoms with E-state index in [1.165, 1.54) is 6.08 Å². The second-order valence-corrected chi connectivity index (χ2v) is 7.54. The maximum Gasteiger partial charge on any atom is 0.203 e. The molecule has 0 radical (unpaired) electrons. The molecule has 0 amide bonds. The van der Waals surface area contributed by atoms with E-state index in [-0.39, 0.29) is 5.78 Å². The number of carbonyl (C=O) groups is 1. The fourth-order valence-corrected chi connectivity index (χ4v) is 3.50. The quantitative estimate of drug-likeness (QED) is 0.218. The van der Waals surface area contributed by atoms with E-state index in [0.717, 1.165) is 22.4 Å². The maximum absolute atomic E-state index is 12.5. The number of hydrogen-bond acceptors (Lipinski definition) is 5. The molecule has 0 bridgehead atoms. The fourth-order valence-electron chi connectivity index (χ4n) is 3.33. The summed E-state index contributed by atoms with van der Waals surface area (Å²) in [4.78, 5) is 12.5. The van der Waals surface area contributed by atoms with Crippen LogP contribution in [0.3, 0.4) is 0 Å². The molecule has 0 fully saturated rings. The smallest absolute Gasteiger partial charge is 0.203 e. The lowest BCUT2D eigenvalue weighted by Crippen LogP contribution is -2.00. The average molecular weight is 464 g/mol. The highest BCUT2D eigenvalue weighted by atomic mass is 35.5. The van der Waals surface area contributed by atoms with Gasteiger partial charge in [0.25, 0.3) is 0 Å². The molecule has 3 aromatic rings. The molecule has 0 atom stereocenters. The number of rotatable bonds is 9. The van der Waals surface area contributed by atoms with E-state index in [1.54, 1.807) is 45.7 Å². The van der Waals surface area contributed by atoms with E-state index in [4.69, 9.17) is 25.8 Å². The van der Waals surface area contributed by atoms with Crippen LogP contribution in [-0.4, -0.2) is 27.1 Å². The van der Waals surface area contributed by atoms with E-state index < -0.39 is 0 Å². The highest BCUT2D eigenvalue weighted by Crippen LogP contribution is 2.38. The molecule has 0 saturated heterocycles. The van der Waals surface area contributed by atoms with Gasteiger partial charge in [0, 0.05) is 28.5 Å². The molecule has 0 heterocycles. The van der Waals surface area contributed by atoms with Gasteiger partial charge < -0.3 is 19.5 Å². The minimum absolute atomic E-state index is 0.118. The molecule has 0 saturated carbocycles. The summed E-state index contributed by atoms with van der Waals surface area (Å²) < 4.78 is 16.2. The number of allylic oxidation sites excluding steroid dienone is 1. The number of ketones is 1. The summed E-state index contributed by atoms with van der Waals surface area (Å²) in [7, 11) is 4.74. The van der Waals surface area contributed by atoms with Crippen LogP contribution in [0.25, 0.3) is 12.2 Å². The highest BCUT2D eigenvalue weighted by molar-refractivity contribution is 6.32. The minimum atomic E-state index is -0.118. The van der Waals surface area contributed by atoms with Crippen molar-refractivity contribution in [3.05, 3.63) is 94.1 Å². The van der Waals surface area contributed by atoms with Gasteiger partial charge in [0.15, 0.2) is 17.3 Å². The summed E-state index contributed by atoms with van der Waals surface area (Å²) in [5.41, 5.74) is 4.04. The lowest BCUT2D eigenvalue weighted by molar-refractivity contribution is 0.104. The Labute approximate surface area is 199 Å². The Bertz CT molecular complexity index is 1180. The second kappa shape index (κ2) is 11.2. The number of nitrogens with one attached hydrogen (secondary N) is 1. The lowest BCUT2D eigenvalue weighted by Gasteiger charge is -2.13. The van der Waals surface area contributed by atoms with E-state index >= 15 is 0 Å². The standard InChI is InChI=1S/C27H26ClNO4/c1-18-21(9-7-10-22(18)28)24(30)14-15-29-23-11-6-5-8-20(23)13-12-19-16-25(31-2)27(33-4)26(17-19)32-3/h5-17,29H,1-4H3/b13-12-,15-14-. The van der Waals surface area contributed by atoms with Gasteiger partial charge in [-0.25, -0.2) is 0 Å². The summed E-state index contributed by atoms with van der Waals surface area (Å²) in [6, 6.07) is 16.9. The predicted molar refractivity (Wildman–Crippen MR) is 135 cm³/mol. The number of carbonyl (C=O) groups excluding carboxylic acids is 1. The highest BCUT2D eigenvalue weighted by Gasteiger charge is 2.12. The van der Waals surface area contributed by atoms with Gasteiger partial charge in [-0.15, -0.1) is 0 Å². The van der Waals surface area contributed by atoms with Crippen molar-refractivity contribution in [3.63, 3.8) is 0 Å². The number of hydrogen-bond donors (Lipinski definition) is 1. The third-order valence-electron chi connectivity index (χ3n) is 5.11. The first-order valence-electron chi connectivity index (χ1n) is 10.3. The van der Waals surface area contributed by atoms with E-state index in [2.05, 4.69) is 5.32 Å². The zero-order valence-electron chi connectivity index (χ0n) is 19.0. The third kappa shape index (κ3) is 5.76. The SMILES string of the molecule is COc1cc(/C=C\c2ccccc2N/C=C\C(=O)c2cccc(Cl)c2C)cc(OC)c1OC. The van der Waals surface area contributed by atoms with Crippen LogP contribution in [-0.2, 0) is 0 Å². The molecule has 6 heteroatoms. The second-order valence-electron chi connectivity index (χ2n) is 7.13. The fraction of sp³-hybridized carbons (Fsp3) is 0.148. The van der Waals surface area contributed by atoms with Crippen molar-refractivity contribution < 1.29 is 19.0 Å². The third-order valence-corrected chi connectivity index (χ3v) is 5.52. The lowest BCUT2D eigenvalue weighted by atomic mass is 10.0. The first-order valence-corrected chi connectivity index (χ1v) is 10.7. The van der Waals surface area contributed by atoms with Gasteiger partial charge >= 0.3 is 0 Å². The molecular formula is C27H26ClNO4. The molecule has 0 aromatic heterocycles. The van der Waals surface area contributed by atoms with Crippen LogP contribution in [0.5, 0.6) is 17.2 Å². The zero-order chi connectivity index (χ0) is 23.8.